The number of epoxide rings is 2. The summed E-state index contributed by atoms with van der Waals surface area (Å²) in [6.07, 6.45) is 0.622. The van der Waals surface area contributed by atoms with Crippen LogP contribution in [0.4, 0.5) is 0 Å². The molecule has 6 aromatic rings. The van der Waals surface area contributed by atoms with E-state index in [9.17, 15) is 0 Å². The van der Waals surface area contributed by atoms with Crippen LogP contribution in [-0.2, 0) is 9.47 Å². The van der Waals surface area contributed by atoms with Gasteiger partial charge in [-0.25, -0.2) is 4.98 Å². The van der Waals surface area contributed by atoms with E-state index in [-0.39, 0.29) is 51.3 Å². The van der Waals surface area contributed by atoms with Gasteiger partial charge in [0.2, 0.25) is 11.8 Å². The molecule has 8 rings (SSSR count). The van der Waals surface area contributed by atoms with Crippen molar-refractivity contribution in [1.29, 1.82) is 10.5 Å². The van der Waals surface area contributed by atoms with Crippen LogP contribution in [0, 0.1) is 66.5 Å². The fourth-order valence-corrected chi connectivity index (χ4v) is 4.12. The number of nitriles is 2. The van der Waals surface area contributed by atoms with Gasteiger partial charge in [0.05, 0.1) is 48.5 Å². The minimum absolute atomic E-state index is 0. The van der Waals surface area contributed by atoms with Gasteiger partial charge in [-0.2, -0.15) is 22.7 Å². The minimum Gasteiger partial charge on any atom is -0.491 e. The molecule has 9 nitrogen and oxygen atoms in total. The first-order valence-electron chi connectivity index (χ1n) is 13.7. The van der Waals surface area contributed by atoms with E-state index in [0.717, 1.165) is 46.7 Å². The maximum Gasteiger partial charge on any atom is 0.227 e. The number of alkyl halides is 1. The van der Waals surface area contributed by atoms with Gasteiger partial charge in [-0.15, -0.1) is 23.7 Å². The molecule has 0 saturated carbocycles. The molecule has 2 aromatic heterocycles. The maximum absolute atomic E-state index is 8.83. The maximum atomic E-state index is 8.83. The Balaban J connectivity index is 0.000000178. The molecule has 2 fully saturated rings. The SMILES string of the molecule is C.ClCC1CO1.N#Cc1ccc(-c2nc3c[c-]ccc3o2)cc1.N#Cc1ccc(-c2nc3ccc(OCC4CO4)cc3o2)cc1.[Ho]. The second-order valence-corrected chi connectivity index (χ2v) is 10.1. The third-order valence-corrected chi connectivity index (χ3v) is 6.87. The molecule has 1 radical (unpaired) electrons. The van der Waals surface area contributed by atoms with Crippen LogP contribution < -0.4 is 4.74 Å². The predicted octanol–water partition coefficient (Wildman–Crippen LogP) is 7.57. The van der Waals surface area contributed by atoms with E-state index in [1.807, 2.05) is 48.5 Å². The Hall–Kier alpha value is -3.93. The summed E-state index contributed by atoms with van der Waals surface area (Å²) in [4.78, 5) is 8.81. The molecule has 2 saturated heterocycles. The van der Waals surface area contributed by atoms with Crippen molar-refractivity contribution in [2.24, 2.45) is 0 Å². The average molecular weight is 785 g/mol. The van der Waals surface area contributed by atoms with Crippen molar-refractivity contribution >= 4 is 33.8 Å². The second-order valence-electron chi connectivity index (χ2n) is 9.82. The van der Waals surface area contributed by atoms with Crippen molar-refractivity contribution in [2.75, 3.05) is 25.7 Å². The largest absolute Gasteiger partial charge is 0.491 e. The molecule has 0 amide bonds. The van der Waals surface area contributed by atoms with Crippen LogP contribution >= 0.6 is 11.6 Å². The number of rotatable bonds is 6. The van der Waals surface area contributed by atoms with Crippen molar-refractivity contribution in [3.63, 3.8) is 0 Å². The molecule has 2 unspecified atom stereocenters. The fraction of sp³-hybridized carbons (Fsp3) is 0.200. The summed E-state index contributed by atoms with van der Waals surface area (Å²) in [7, 11) is 0. The number of hydrogen-bond donors (Lipinski definition) is 0. The van der Waals surface area contributed by atoms with Gasteiger partial charge in [-0.05, 0) is 66.2 Å². The van der Waals surface area contributed by atoms with Gasteiger partial charge in [0, 0.05) is 60.5 Å². The van der Waals surface area contributed by atoms with Gasteiger partial charge in [0.15, 0.2) is 5.58 Å². The fourth-order valence-electron chi connectivity index (χ4n) is 3.94. The Morgan fingerprint density at radius 2 is 1.35 bits per heavy atom. The molecule has 2 atom stereocenters. The summed E-state index contributed by atoms with van der Waals surface area (Å²) in [5, 5.41) is 17.5. The van der Waals surface area contributed by atoms with Crippen molar-refractivity contribution in [2.45, 2.75) is 19.6 Å². The first-order chi connectivity index (χ1) is 21.6. The molecule has 11 heteroatoms. The van der Waals surface area contributed by atoms with Crippen LogP contribution in [0.5, 0.6) is 5.75 Å². The van der Waals surface area contributed by atoms with Crippen LogP contribution in [0.25, 0.3) is 45.1 Å². The number of oxazole rings is 2. The van der Waals surface area contributed by atoms with Gasteiger partial charge >= 0.3 is 0 Å². The standard InChI is InChI=1S/C17H12N2O3.C14H7N2O.C3H5ClO.CH4.Ho/c18-8-11-1-3-12(4-2-11)17-19-15-6-5-13(7-16(15)22-17)20-9-14-10-21-14;15-9-10-5-7-11(8-6-10)14-16-12-3-1-2-4-13(12)17-14;4-1-3-2-5-3;;/h1-7,14H,9-10H2;2-8H;3H,1-2H2;1H4;/q;-1;;;. The van der Waals surface area contributed by atoms with Crippen molar-refractivity contribution in [3.05, 3.63) is 102 Å². The molecule has 0 bridgehead atoms. The van der Waals surface area contributed by atoms with Crippen LogP contribution in [-0.4, -0.2) is 47.9 Å². The molecule has 4 aromatic carbocycles. The van der Waals surface area contributed by atoms with Gasteiger partial charge in [-0.3, -0.25) is 4.98 Å². The first kappa shape index (κ1) is 34.9. The molecular weight excluding hydrogens is 757 g/mol. The number of benzene rings is 4. The van der Waals surface area contributed by atoms with E-state index in [0.29, 0.717) is 47.1 Å². The summed E-state index contributed by atoms with van der Waals surface area (Å²) in [6, 6.07) is 32.4. The third kappa shape index (κ3) is 9.31. The average Bonchev–Trinajstić information content (AvgIpc) is 4.01. The molecule has 0 aliphatic carbocycles. The van der Waals surface area contributed by atoms with Gasteiger partial charge in [0.1, 0.15) is 24.0 Å². The first-order valence-corrected chi connectivity index (χ1v) is 14.3. The smallest absolute Gasteiger partial charge is 0.227 e. The Morgan fingerprint density at radius 3 is 1.85 bits per heavy atom. The number of fused-ring (bicyclic) bond motifs is 2. The molecule has 0 N–H and O–H groups in total. The number of nitrogens with zero attached hydrogens (tertiary/aromatic N) is 4. The summed E-state index contributed by atoms with van der Waals surface area (Å²) in [5.74, 6) is 2.50. The molecular formula is C35H28ClHoN4O5-. The second kappa shape index (κ2) is 16.6. The Labute approximate surface area is 301 Å². The zero-order chi connectivity index (χ0) is 30.3. The van der Waals surface area contributed by atoms with E-state index in [1.54, 1.807) is 36.4 Å². The van der Waals surface area contributed by atoms with E-state index in [4.69, 9.17) is 45.2 Å². The minimum atomic E-state index is 0. The van der Waals surface area contributed by atoms with E-state index < -0.39 is 0 Å². The molecule has 46 heavy (non-hydrogen) atoms. The van der Waals surface area contributed by atoms with Gasteiger partial charge in [-0.1, -0.05) is 7.43 Å². The Morgan fingerprint density at radius 1 is 0.783 bits per heavy atom. The summed E-state index contributed by atoms with van der Waals surface area (Å²) in [6.45, 7) is 2.21. The van der Waals surface area contributed by atoms with Gasteiger partial charge < -0.3 is 23.0 Å². The van der Waals surface area contributed by atoms with Crippen LogP contribution in [0.3, 0.4) is 0 Å². The third-order valence-electron chi connectivity index (χ3n) is 6.53. The molecule has 4 heterocycles. The van der Waals surface area contributed by atoms with Crippen molar-refractivity contribution < 1.29 is 60.8 Å². The topological polar surface area (TPSA) is 134 Å². The quantitative estimate of drug-likeness (QED) is 0.0726. The molecule has 2 aliphatic heterocycles. The van der Waals surface area contributed by atoms with Crippen LogP contribution in [0.1, 0.15) is 18.6 Å². The number of ether oxygens (including phenoxy) is 3. The summed E-state index contributed by atoms with van der Waals surface area (Å²) in [5.41, 5.74) is 5.90. The monoisotopic (exact) mass is 784 g/mol. The molecule has 237 valence electrons. The zero-order valence-corrected chi connectivity index (χ0v) is 26.3. The molecule has 0 spiro atoms. The number of aromatic nitrogens is 2. The van der Waals surface area contributed by atoms with Gasteiger partial charge in [0.25, 0.3) is 0 Å². The van der Waals surface area contributed by atoms with Crippen molar-refractivity contribution in [1.82, 2.24) is 9.97 Å². The van der Waals surface area contributed by atoms with Crippen LogP contribution in [0.2, 0.25) is 0 Å². The van der Waals surface area contributed by atoms with E-state index in [2.05, 4.69) is 28.2 Å². The Bertz CT molecular complexity index is 1920. The van der Waals surface area contributed by atoms with Crippen molar-refractivity contribution in [3.8, 4) is 40.8 Å². The van der Waals surface area contributed by atoms with E-state index >= 15 is 0 Å². The Kier molecular flexibility index (Phi) is 12.6. The predicted molar refractivity (Wildman–Crippen MR) is 170 cm³/mol. The molecule has 2 aliphatic rings. The zero-order valence-electron chi connectivity index (χ0n) is 23.6. The summed E-state index contributed by atoms with van der Waals surface area (Å²) < 4.78 is 26.9. The summed E-state index contributed by atoms with van der Waals surface area (Å²) >= 11 is 5.27. The number of halogens is 1. The number of hydrogen-bond acceptors (Lipinski definition) is 9. The van der Waals surface area contributed by atoms with E-state index in [1.165, 1.54) is 0 Å². The normalized spacial score (nSPS) is 15.4. The van der Waals surface area contributed by atoms with Crippen LogP contribution in [0.15, 0.2) is 93.8 Å².